The van der Waals surface area contributed by atoms with E-state index in [1.807, 2.05) is 24.8 Å². The Morgan fingerprint density at radius 1 is 1.06 bits per heavy atom. The fraction of sp³-hybridized carbons (Fsp3) is 0.292. The van der Waals surface area contributed by atoms with Crippen molar-refractivity contribution in [3.63, 3.8) is 0 Å². The Kier molecular flexibility index (Phi) is 4.81. The van der Waals surface area contributed by atoms with Crippen molar-refractivity contribution >= 4 is 34.0 Å². The molecule has 0 fully saturated rings. The van der Waals surface area contributed by atoms with E-state index in [9.17, 15) is 4.39 Å². The van der Waals surface area contributed by atoms with Crippen LogP contribution in [-0.2, 0) is 19.9 Å². The monoisotopic (exact) mass is 416 g/mol. The van der Waals surface area contributed by atoms with Gasteiger partial charge in [0.2, 0.25) is 5.95 Å². The van der Waals surface area contributed by atoms with Crippen molar-refractivity contribution in [3.8, 4) is 0 Å². The first kappa shape index (κ1) is 19.5. The molecular formula is C24H25FN6. The van der Waals surface area contributed by atoms with Gasteiger partial charge in [0.15, 0.2) is 0 Å². The minimum atomic E-state index is -0.292. The summed E-state index contributed by atoms with van der Waals surface area (Å²) in [6, 6.07) is 12.7. The number of aromatic nitrogens is 4. The molecule has 0 spiro atoms. The van der Waals surface area contributed by atoms with Crippen LogP contribution in [0.3, 0.4) is 0 Å². The van der Waals surface area contributed by atoms with Crippen LogP contribution in [0.15, 0.2) is 42.5 Å². The molecule has 158 valence electrons. The number of hydrogen-bond donors (Lipinski definition) is 1. The fourth-order valence-electron chi connectivity index (χ4n) is 4.25. The van der Waals surface area contributed by atoms with Gasteiger partial charge in [0, 0.05) is 42.1 Å². The van der Waals surface area contributed by atoms with E-state index in [1.165, 1.54) is 17.7 Å². The SMILES string of the molecule is Cc1c2ccc(N(C)c3nc(Nc4cccc(F)c4)nc4c3CCCC4)cc2nn1C. The molecule has 31 heavy (non-hydrogen) atoms. The maximum absolute atomic E-state index is 13.6. The maximum Gasteiger partial charge on any atom is 0.229 e. The number of halogens is 1. The van der Waals surface area contributed by atoms with E-state index in [1.54, 1.807) is 6.07 Å². The van der Waals surface area contributed by atoms with Crippen LogP contribution >= 0.6 is 0 Å². The zero-order valence-corrected chi connectivity index (χ0v) is 18.0. The van der Waals surface area contributed by atoms with Gasteiger partial charge in [-0.1, -0.05) is 6.07 Å². The molecule has 6 nitrogen and oxygen atoms in total. The number of hydrogen-bond acceptors (Lipinski definition) is 5. The van der Waals surface area contributed by atoms with E-state index in [0.717, 1.165) is 59.5 Å². The highest BCUT2D eigenvalue weighted by Gasteiger charge is 2.21. The topological polar surface area (TPSA) is 58.9 Å². The number of rotatable bonds is 4. The lowest BCUT2D eigenvalue weighted by molar-refractivity contribution is 0.628. The Hall–Kier alpha value is -3.48. The molecule has 0 radical (unpaired) electrons. The molecule has 0 saturated carbocycles. The van der Waals surface area contributed by atoms with Crippen molar-refractivity contribution in [2.45, 2.75) is 32.6 Å². The molecule has 2 aromatic carbocycles. The zero-order chi connectivity index (χ0) is 21.5. The molecule has 5 rings (SSSR count). The van der Waals surface area contributed by atoms with Crippen molar-refractivity contribution in [1.29, 1.82) is 0 Å². The van der Waals surface area contributed by atoms with Crippen LogP contribution in [0.4, 0.5) is 27.5 Å². The summed E-state index contributed by atoms with van der Waals surface area (Å²) in [5.41, 5.74) is 6.02. The summed E-state index contributed by atoms with van der Waals surface area (Å²) < 4.78 is 15.5. The van der Waals surface area contributed by atoms with Gasteiger partial charge in [-0.2, -0.15) is 10.1 Å². The van der Waals surface area contributed by atoms with Gasteiger partial charge in [0.05, 0.1) is 11.2 Å². The van der Waals surface area contributed by atoms with Crippen LogP contribution in [0.25, 0.3) is 10.9 Å². The predicted octanol–water partition coefficient (Wildman–Crippen LogP) is 5.20. The van der Waals surface area contributed by atoms with Gasteiger partial charge in [0.25, 0.3) is 0 Å². The van der Waals surface area contributed by atoms with Gasteiger partial charge >= 0.3 is 0 Å². The number of nitrogens with zero attached hydrogens (tertiary/aromatic N) is 5. The molecule has 0 amide bonds. The van der Waals surface area contributed by atoms with Crippen LogP contribution in [0, 0.1) is 12.7 Å². The number of benzene rings is 2. The lowest BCUT2D eigenvalue weighted by Crippen LogP contribution is -2.19. The van der Waals surface area contributed by atoms with Gasteiger partial charge in [-0.3, -0.25) is 4.68 Å². The molecular weight excluding hydrogens is 391 g/mol. The first-order valence-corrected chi connectivity index (χ1v) is 10.6. The van der Waals surface area contributed by atoms with Crippen LogP contribution in [0.1, 0.15) is 29.8 Å². The molecule has 2 aromatic heterocycles. The molecule has 0 aliphatic heterocycles. The molecule has 1 N–H and O–H groups in total. The van der Waals surface area contributed by atoms with Crippen molar-refractivity contribution < 1.29 is 4.39 Å². The summed E-state index contributed by atoms with van der Waals surface area (Å²) >= 11 is 0. The summed E-state index contributed by atoms with van der Waals surface area (Å²) in [6.07, 6.45) is 4.13. The van der Waals surface area contributed by atoms with E-state index in [-0.39, 0.29) is 5.82 Å². The minimum absolute atomic E-state index is 0.292. The normalized spacial score (nSPS) is 13.3. The molecule has 2 heterocycles. The van der Waals surface area contributed by atoms with Gasteiger partial charge in [-0.25, -0.2) is 9.37 Å². The summed E-state index contributed by atoms with van der Waals surface area (Å²) in [6.45, 7) is 2.07. The largest absolute Gasteiger partial charge is 0.329 e. The van der Waals surface area contributed by atoms with Crippen molar-refractivity contribution in [3.05, 3.63) is 65.2 Å². The maximum atomic E-state index is 13.6. The molecule has 1 aliphatic rings. The Morgan fingerprint density at radius 3 is 2.74 bits per heavy atom. The summed E-state index contributed by atoms with van der Waals surface area (Å²) in [7, 11) is 3.99. The third-order valence-corrected chi connectivity index (χ3v) is 6.06. The summed E-state index contributed by atoms with van der Waals surface area (Å²) in [5, 5.41) is 8.96. The van der Waals surface area contributed by atoms with Crippen molar-refractivity contribution in [1.82, 2.24) is 19.7 Å². The second-order valence-corrected chi connectivity index (χ2v) is 8.11. The molecule has 0 saturated heterocycles. The molecule has 0 atom stereocenters. The van der Waals surface area contributed by atoms with Crippen LogP contribution in [0.5, 0.6) is 0 Å². The second-order valence-electron chi connectivity index (χ2n) is 8.11. The highest BCUT2D eigenvalue weighted by Crippen LogP contribution is 2.34. The average molecular weight is 417 g/mol. The van der Waals surface area contributed by atoms with E-state index >= 15 is 0 Å². The Balaban J connectivity index is 1.56. The highest BCUT2D eigenvalue weighted by molar-refractivity contribution is 5.86. The minimum Gasteiger partial charge on any atom is -0.329 e. The van der Waals surface area contributed by atoms with E-state index < -0.39 is 0 Å². The predicted molar refractivity (Wildman–Crippen MR) is 122 cm³/mol. The Bertz CT molecular complexity index is 1280. The van der Waals surface area contributed by atoms with E-state index in [2.05, 4.69) is 40.4 Å². The summed E-state index contributed by atoms with van der Waals surface area (Å²) in [5.74, 6) is 1.08. The average Bonchev–Trinajstić information content (AvgIpc) is 3.05. The van der Waals surface area contributed by atoms with Crippen LogP contribution < -0.4 is 10.2 Å². The zero-order valence-electron chi connectivity index (χ0n) is 18.0. The third kappa shape index (κ3) is 3.60. The Labute approximate surface area is 180 Å². The molecule has 1 aliphatic carbocycles. The number of fused-ring (bicyclic) bond motifs is 2. The smallest absolute Gasteiger partial charge is 0.229 e. The van der Waals surface area contributed by atoms with Gasteiger partial charge in [0.1, 0.15) is 11.6 Å². The van der Waals surface area contributed by atoms with E-state index in [4.69, 9.17) is 9.97 Å². The molecule has 4 aromatic rings. The van der Waals surface area contributed by atoms with Gasteiger partial charge < -0.3 is 10.2 Å². The molecule has 0 bridgehead atoms. The van der Waals surface area contributed by atoms with Crippen molar-refractivity contribution in [2.24, 2.45) is 7.05 Å². The second kappa shape index (κ2) is 7.65. The first-order valence-electron chi connectivity index (χ1n) is 10.6. The van der Waals surface area contributed by atoms with Crippen molar-refractivity contribution in [2.75, 3.05) is 17.3 Å². The standard InChI is InChI=1S/C24H25FN6/c1-15-19-12-11-18(14-22(19)29-31(15)3)30(2)23-20-9-4-5-10-21(20)27-24(28-23)26-17-8-6-7-16(25)13-17/h6-8,11-14H,4-5,9-10H2,1-3H3,(H,26,27,28). The molecule has 7 heteroatoms. The van der Waals surface area contributed by atoms with Gasteiger partial charge in [-0.15, -0.1) is 0 Å². The first-order chi connectivity index (χ1) is 15.0. The summed E-state index contributed by atoms with van der Waals surface area (Å²) in [4.78, 5) is 11.7. The lowest BCUT2D eigenvalue weighted by atomic mass is 9.96. The number of anilines is 4. The number of aryl methyl sites for hydroxylation is 3. The van der Waals surface area contributed by atoms with Crippen LogP contribution in [-0.4, -0.2) is 26.8 Å². The molecule has 0 unspecified atom stereocenters. The lowest BCUT2D eigenvalue weighted by Gasteiger charge is -2.26. The number of nitrogens with one attached hydrogen (secondary N) is 1. The van der Waals surface area contributed by atoms with Crippen LogP contribution in [0.2, 0.25) is 0 Å². The quantitative estimate of drug-likeness (QED) is 0.495. The van der Waals surface area contributed by atoms with Gasteiger partial charge in [-0.05, 0) is 69.0 Å². The third-order valence-electron chi connectivity index (χ3n) is 6.06. The fourth-order valence-corrected chi connectivity index (χ4v) is 4.25. The Morgan fingerprint density at radius 2 is 1.90 bits per heavy atom. The highest BCUT2D eigenvalue weighted by atomic mass is 19.1. The van der Waals surface area contributed by atoms with E-state index in [0.29, 0.717) is 11.6 Å².